The van der Waals surface area contributed by atoms with Crippen LogP contribution in [-0.2, 0) is 6.54 Å². The second-order valence-corrected chi connectivity index (χ2v) is 5.98. The Kier molecular flexibility index (Phi) is 5.21. The van der Waals surface area contributed by atoms with Crippen LogP contribution in [0.3, 0.4) is 0 Å². The number of ether oxygens (including phenoxy) is 1. The lowest BCUT2D eigenvalue weighted by Crippen LogP contribution is -2.25. The minimum Gasteiger partial charge on any atom is -0.496 e. The first-order chi connectivity index (χ1) is 13.4. The fourth-order valence-electron chi connectivity index (χ4n) is 2.92. The molecule has 1 heterocycles. The molecule has 3 rings (SSSR count). The number of methoxy groups -OCH3 is 1. The molecular formula is C20H16N2O6. The maximum atomic E-state index is 12.1. The average Bonchev–Trinajstić information content (AvgIpc) is 2.69. The van der Waals surface area contributed by atoms with Gasteiger partial charge in [-0.2, -0.15) is 0 Å². The van der Waals surface area contributed by atoms with Crippen molar-refractivity contribution in [1.29, 1.82) is 0 Å². The smallest absolute Gasteiger partial charge is 0.352 e. The number of carboxylic acid groups (broad SMARTS) is 1. The lowest BCUT2D eigenvalue weighted by Gasteiger charge is -2.13. The Hall–Kier alpha value is -3.94. The van der Waals surface area contributed by atoms with Gasteiger partial charge in [-0.3, -0.25) is 19.5 Å². The Bertz CT molecular complexity index is 1120. The molecule has 0 bridgehead atoms. The van der Waals surface area contributed by atoms with Gasteiger partial charge in [0.15, 0.2) is 0 Å². The monoisotopic (exact) mass is 380 g/mol. The molecule has 0 saturated heterocycles. The first-order valence-corrected chi connectivity index (χ1v) is 8.25. The molecule has 0 unspecified atom stereocenters. The van der Waals surface area contributed by atoms with Crippen LogP contribution in [0.25, 0.3) is 11.1 Å². The summed E-state index contributed by atoms with van der Waals surface area (Å²) in [5.74, 6) is -0.701. The van der Waals surface area contributed by atoms with E-state index in [1.165, 1.54) is 37.4 Å². The van der Waals surface area contributed by atoms with Crippen LogP contribution in [0.1, 0.15) is 16.1 Å². The zero-order valence-electron chi connectivity index (χ0n) is 14.9. The number of benzene rings is 2. The third kappa shape index (κ3) is 3.75. The van der Waals surface area contributed by atoms with Crippen LogP contribution in [0.5, 0.6) is 5.75 Å². The van der Waals surface area contributed by atoms with Crippen LogP contribution in [0.15, 0.2) is 65.5 Å². The van der Waals surface area contributed by atoms with Crippen molar-refractivity contribution in [1.82, 2.24) is 4.57 Å². The molecule has 8 heteroatoms. The van der Waals surface area contributed by atoms with Gasteiger partial charge in [-0.15, -0.1) is 0 Å². The van der Waals surface area contributed by atoms with Gasteiger partial charge in [0.1, 0.15) is 11.4 Å². The number of aromatic carboxylic acids is 1. The fraction of sp³-hybridized carbons (Fsp3) is 0.100. The number of nitro groups is 1. The molecular weight excluding hydrogens is 364 g/mol. The van der Waals surface area contributed by atoms with Gasteiger partial charge in [-0.05, 0) is 29.3 Å². The summed E-state index contributed by atoms with van der Waals surface area (Å²) in [6, 6.07) is 15.3. The molecule has 0 aliphatic heterocycles. The normalized spacial score (nSPS) is 10.5. The third-order valence-corrected chi connectivity index (χ3v) is 4.24. The van der Waals surface area contributed by atoms with Crippen LogP contribution in [0, 0.1) is 10.1 Å². The van der Waals surface area contributed by atoms with Gasteiger partial charge in [-0.1, -0.05) is 24.3 Å². The van der Waals surface area contributed by atoms with Gasteiger partial charge < -0.3 is 9.84 Å². The molecule has 0 aliphatic rings. The van der Waals surface area contributed by atoms with Crippen LogP contribution >= 0.6 is 0 Å². The van der Waals surface area contributed by atoms with E-state index in [0.29, 0.717) is 22.4 Å². The largest absolute Gasteiger partial charge is 0.496 e. The predicted octanol–water partition coefficient (Wildman–Crippen LogP) is 3.18. The fourth-order valence-corrected chi connectivity index (χ4v) is 2.92. The lowest BCUT2D eigenvalue weighted by atomic mass is 10.0. The number of pyridine rings is 1. The van der Waals surface area contributed by atoms with Crippen LogP contribution in [-0.4, -0.2) is 27.7 Å². The van der Waals surface area contributed by atoms with E-state index in [2.05, 4.69) is 0 Å². The average molecular weight is 380 g/mol. The predicted molar refractivity (Wildman–Crippen MR) is 102 cm³/mol. The summed E-state index contributed by atoms with van der Waals surface area (Å²) in [5, 5.41) is 20.4. The number of rotatable bonds is 6. The zero-order valence-corrected chi connectivity index (χ0v) is 14.9. The van der Waals surface area contributed by atoms with E-state index < -0.39 is 16.5 Å². The topological polar surface area (TPSA) is 112 Å². The number of hydrogen-bond acceptors (Lipinski definition) is 5. The molecule has 1 aromatic heterocycles. The Morgan fingerprint density at radius 1 is 1.14 bits per heavy atom. The Morgan fingerprint density at radius 2 is 1.89 bits per heavy atom. The summed E-state index contributed by atoms with van der Waals surface area (Å²) in [7, 11) is 1.49. The number of aromatic nitrogens is 1. The van der Waals surface area contributed by atoms with E-state index in [1.807, 2.05) is 0 Å². The first kappa shape index (κ1) is 18.8. The molecule has 2 aromatic carbocycles. The highest BCUT2D eigenvalue weighted by Gasteiger charge is 2.14. The highest BCUT2D eigenvalue weighted by molar-refractivity contribution is 5.85. The maximum absolute atomic E-state index is 12.1. The van der Waals surface area contributed by atoms with Gasteiger partial charge in [-0.25, -0.2) is 4.79 Å². The third-order valence-electron chi connectivity index (χ3n) is 4.24. The minimum atomic E-state index is -1.20. The van der Waals surface area contributed by atoms with E-state index >= 15 is 0 Å². The molecule has 0 atom stereocenters. The number of nitro benzene ring substituents is 1. The number of nitrogens with zero attached hydrogens (tertiary/aromatic N) is 2. The van der Waals surface area contributed by atoms with Crippen molar-refractivity contribution in [2.45, 2.75) is 6.54 Å². The molecule has 0 aliphatic carbocycles. The summed E-state index contributed by atoms with van der Waals surface area (Å²) in [5.41, 5.74) is 1.21. The van der Waals surface area contributed by atoms with Crippen LogP contribution in [0.2, 0.25) is 0 Å². The van der Waals surface area contributed by atoms with E-state index in [-0.39, 0.29) is 17.9 Å². The van der Waals surface area contributed by atoms with Crippen molar-refractivity contribution in [3.05, 3.63) is 92.4 Å². The lowest BCUT2D eigenvalue weighted by molar-refractivity contribution is -0.384. The van der Waals surface area contributed by atoms with E-state index in [9.17, 15) is 24.8 Å². The molecule has 142 valence electrons. The molecule has 1 N–H and O–H groups in total. The summed E-state index contributed by atoms with van der Waals surface area (Å²) < 4.78 is 6.51. The number of hydrogen-bond donors (Lipinski definition) is 1. The molecule has 0 spiro atoms. The number of carbonyl (C=O) groups is 1. The van der Waals surface area contributed by atoms with E-state index in [1.54, 1.807) is 30.3 Å². The van der Waals surface area contributed by atoms with Crippen LogP contribution < -0.4 is 10.3 Å². The van der Waals surface area contributed by atoms with Crippen molar-refractivity contribution in [2.75, 3.05) is 7.11 Å². The van der Waals surface area contributed by atoms with E-state index in [4.69, 9.17) is 4.74 Å². The molecule has 0 amide bonds. The quantitative estimate of drug-likeness (QED) is 0.519. The summed E-state index contributed by atoms with van der Waals surface area (Å²) in [6.45, 7) is 0.0349. The first-order valence-electron chi connectivity index (χ1n) is 8.25. The standard InChI is InChI=1S/C20H16N2O6/c1-28-18-9-8-13(12-21-17(20(24)25)6-3-7-19(21)23)10-16(18)14-4-2-5-15(11-14)22(26)27/h2-11H,12H2,1H3,(H,24,25). The Balaban J connectivity index is 2.08. The summed E-state index contributed by atoms with van der Waals surface area (Å²) in [4.78, 5) is 34.1. The van der Waals surface area contributed by atoms with Gasteiger partial charge in [0.2, 0.25) is 0 Å². The maximum Gasteiger partial charge on any atom is 0.352 e. The van der Waals surface area contributed by atoms with Crippen molar-refractivity contribution < 1.29 is 19.6 Å². The molecule has 28 heavy (non-hydrogen) atoms. The van der Waals surface area contributed by atoms with Crippen molar-refractivity contribution in [3.63, 3.8) is 0 Å². The van der Waals surface area contributed by atoms with Crippen molar-refractivity contribution in [3.8, 4) is 16.9 Å². The highest BCUT2D eigenvalue weighted by atomic mass is 16.6. The molecule has 0 radical (unpaired) electrons. The summed E-state index contributed by atoms with van der Waals surface area (Å²) >= 11 is 0. The molecule has 3 aromatic rings. The second-order valence-electron chi connectivity index (χ2n) is 5.98. The van der Waals surface area contributed by atoms with Gasteiger partial charge in [0, 0.05) is 23.8 Å². The highest BCUT2D eigenvalue weighted by Crippen LogP contribution is 2.33. The van der Waals surface area contributed by atoms with Gasteiger partial charge in [0.05, 0.1) is 18.6 Å². The Labute approximate surface area is 159 Å². The SMILES string of the molecule is COc1ccc(Cn2c(C(=O)O)cccc2=O)cc1-c1cccc([N+](=O)[O-])c1. The molecule has 0 fully saturated rings. The zero-order chi connectivity index (χ0) is 20.3. The number of non-ortho nitro benzene ring substituents is 1. The van der Waals surface area contributed by atoms with Crippen molar-refractivity contribution >= 4 is 11.7 Å². The summed E-state index contributed by atoms with van der Waals surface area (Å²) in [6.07, 6.45) is 0. The van der Waals surface area contributed by atoms with Gasteiger partial charge >= 0.3 is 5.97 Å². The Morgan fingerprint density at radius 3 is 2.57 bits per heavy atom. The van der Waals surface area contributed by atoms with Crippen molar-refractivity contribution in [2.24, 2.45) is 0 Å². The minimum absolute atomic E-state index is 0.0349. The second kappa shape index (κ2) is 7.75. The number of carboxylic acids is 1. The molecule has 8 nitrogen and oxygen atoms in total. The van der Waals surface area contributed by atoms with Crippen LogP contribution in [0.4, 0.5) is 5.69 Å². The molecule has 0 saturated carbocycles. The van der Waals surface area contributed by atoms with E-state index in [0.717, 1.165) is 4.57 Å². The van der Waals surface area contributed by atoms with Gasteiger partial charge in [0.25, 0.3) is 11.2 Å².